The van der Waals surface area contributed by atoms with Gasteiger partial charge in [-0.15, -0.1) is 0 Å². The molecule has 4 aliphatic carbocycles. The molecular weight excluding hydrogens is 296 g/mol. The Bertz CT molecular complexity index is 579. The zero-order valence-electron chi connectivity index (χ0n) is 15.8. The first-order valence-electron chi connectivity index (χ1n) is 10.2. The average Bonchev–Trinajstić information content (AvgIpc) is 2.78. The third kappa shape index (κ3) is 2.14. The number of fused-ring (bicyclic) bond motifs is 5. The van der Waals surface area contributed by atoms with Gasteiger partial charge in [-0.3, -0.25) is 4.79 Å². The van der Waals surface area contributed by atoms with Crippen LogP contribution >= 0.6 is 0 Å². The molecule has 0 heterocycles. The number of allylic oxidation sites excluding steroid dienone is 1. The predicted molar refractivity (Wildman–Crippen MR) is 96.4 cm³/mol. The third-order valence-corrected chi connectivity index (χ3v) is 8.86. The molecule has 0 aromatic heterocycles. The van der Waals surface area contributed by atoms with Crippen LogP contribution in [0.4, 0.5) is 0 Å². The molecule has 0 unspecified atom stereocenters. The minimum absolute atomic E-state index is 0.122. The van der Waals surface area contributed by atoms with E-state index in [2.05, 4.69) is 26.8 Å². The van der Waals surface area contributed by atoms with Crippen molar-refractivity contribution in [2.75, 3.05) is 0 Å². The topological polar surface area (TPSA) is 37.3 Å². The molecule has 4 rings (SSSR count). The van der Waals surface area contributed by atoms with Crippen LogP contribution in [0.3, 0.4) is 0 Å². The first kappa shape index (κ1) is 16.8. The number of Topliss-reactive ketones (excluding diaryl/α,β-unsaturated/α-hetero) is 1. The Morgan fingerprint density at radius 3 is 2.67 bits per heavy atom. The van der Waals surface area contributed by atoms with Crippen LogP contribution in [0.1, 0.15) is 72.6 Å². The van der Waals surface area contributed by atoms with Crippen LogP contribution in [0.2, 0.25) is 0 Å². The number of ketones is 1. The van der Waals surface area contributed by atoms with Crippen molar-refractivity contribution in [3.63, 3.8) is 0 Å². The lowest BCUT2D eigenvalue weighted by Crippen LogP contribution is -2.51. The Labute approximate surface area is 147 Å². The molecule has 4 aliphatic rings. The van der Waals surface area contributed by atoms with E-state index in [1.165, 1.54) is 25.7 Å². The summed E-state index contributed by atoms with van der Waals surface area (Å²) in [6.45, 7) is 9.04. The lowest BCUT2D eigenvalue weighted by atomic mass is 9.47. The number of rotatable bonds is 1. The molecule has 0 radical (unpaired) electrons. The Hall–Kier alpha value is -0.630. The summed E-state index contributed by atoms with van der Waals surface area (Å²) in [4.78, 5) is 12.4. The van der Waals surface area contributed by atoms with Gasteiger partial charge in [-0.05, 0) is 86.4 Å². The molecule has 0 amide bonds. The van der Waals surface area contributed by atoms with Crippen LogP contribution in [-0.4, -0.2) is 17.0 Å². The molecule has 1 N–H and O–H groups in total. The summed E-state index contributed by atoms with van der Waals surface area (Å²) >= 11 is 0. The van der Waals surface area contributed by atoms with Crippen LogP contribution in [0.5, 0.6) is 0 Å². The summed E-state index contributed by atoms with van der Waals surface area (Å²) in [5.74, 6) is 3.46. The molecule has 0 aromatic carbocycles. The molecule has 24 heavy (non-hydrogen) atoms. The maximum absolute atomic E-state index is 12.4. The summed E-state index contributed by atoms with van der Waals surface area (Å²) < 4.78 is 0. The minimum atomic E-state index is -0.122. The van der Waals surface area contributed by atoms with E-state index >= 15 is 0 Å². The van der Waals surface area contributed by atoms with Crippen molar-refractivity contribution < 1.29 is 9.90 Å². The van der Waals surface area contributed by atoms with Crippen molar-refractivity contribution in [2.24, 2.45) is 40.4 Å². The zero-order chi connectivity index (χ0) is 17.3. The molecule has 0 aromatic rings. The second-order valence-electron chi connectivity index (χ2n) is 10.0. The second-order valence-corrected chi connectivity index (χ2v) is 10.0. The van der Waals surface area contributed by atoms with Gasteiger partial charge in [-0.25, -0.2) is 0 Å². The van der Waals surface area contributed by atoms with Gasteiger partial charge in [-0.2, -0.15) is 0 Å². The first-order valence-corrected chi connectivity index (χ1v) is 10.2. The van der Waals surface area contributed by atoms with Crippen LogP contribution in [0.25, 0.3) is 0 Å². The van der Waals surface area contributed by atoms with Gasteiger partial charge in [0, 0.05) is 5.92 Å². The second kappa shape index (κ2) is 5.43. The van der Waals surface area contributed by atoms with Gasteiger partial charge in [0.15, 0.2) is 0 Å². The number of carbonyl (C=O) groups is 1. The smallest absolute Gasteiger partial charge is 0.133 e. The van der Waals surface area contributed by atoms with Gasteiger partial charge < -0.3 is 5.11 Å². The van der Waals surface area contributed by atoms with Crippen LogP contribution in [0.15, 0.2) is 11.6 Å². The minimum Gasteiger partial charge on any atom is -0.393 e. The molecule has 0 aliphatic heterocycles. The summed E-state index contributed by atoms with van der Waals surface area (Å²) in [6.07, 6.45) is 10.3. The van der Waals surface area contributed by atoms with Crippen LogP contribution < -0.4 is 0 Å². The Morgan fingerprint density at radius 1 is 1.21 bits per heavy atom. The highest BCUT2D eigenvalue weighted by atomic mass is 16.3. The van der Waals surface area contributed by atoms with Gasteiger partial charge in [0.1, 0.15) is 5.78 Å². The summed E-state index contributed by atoms with van der Waals surface area (Å²) in [7, 11) is 0. The fraction of sp³-hybridized carbons (Fsp3) is 0.864. The number of aliphatic hydroxyl groups is 1. The third-order valence-electron chi connectivity index (χ3n) is 8.86. The molecule has 0 bridgehead atoms. The highest BCUT2D eigenvalue weighted by molar-refractivity contribution is 5.80. The zero-order valence-corrected chi connectivity index (χ0v) is 15.8. The van der Waals surface area contributed by atoms with E-state index in [0.29, 0.717) is 23.0 Å². The van der Waals surface area contributed by atoms with Crippen molar-refractivity contribution in [3.05, 3.63) is 11.6 Å². The molecule has 0 spiro atoms. The van der Waals surface area contributed by atoms with Gasteiger partial charge in [-0.1, -0.05) is 32.4 Å². The number of hydrogen-bond acceptors (Lipinski definition) is 2. The maximum Gasteiger partial charge on any atom is 0.133 e. The quantitative estimate of drug-likeness (QED) is 0.704. The number of aliphatic hydroxyl groups excluding tert-OH is 1. The van der Waals surface area contributed by atoms with Crippen LogP contribution in [-0.2, 0) is 4.79 Å². The molecule has 2 nitrogen and oxygen atoms in total. The molecular formula is C22H34O2. The monoisotopic (exact) mass is 330 g/mol. The average molecular weight is 331 g/mol. The highest BCUT2D eigenvalue weighted by Crippen LogP contribution is 2.67. The molecule has 3 saturated carbocycles. The Morgan fingerprint density at radius 2 is 1.96 bits per heavy atom. The predicted octanol–water partition coefficient (Wildman–Crippen LogP) is 4.76. The van der Waals surface area contributed by atoms with E-state index in [9.17, 15) is 9.90 Å². The van der Waals surface area contributed by atoms with Crippen LogP contribution in [0, 0.1) is 40.4 Å². The number of carbonyl (C=O) groups excluding carboxylic acids is 1. The van der Waals surface area contributed by atoms with Crippen molar-refractivity contribution in [3.8, 4) is 0 Å². The normalized spacial score (nSPS) is 53.6. The van der Waals surface area contributed by atoms with Crippen molar-refractivity contribution in [1.29, 1.82) is 0 Å². The largest absolute Gasteiger partial charge is 0.393 e. The highest BCUT2D eigenvalue weighted by Gasteiger charge is 2.61. The van der Waals surface area contributed by atoms with Gasteiger partial charge in [0.05, 0.1) is 6.10 Å². The lowest BCUT2D eigenvalue weighted by Gasteiger charge is -2.57. The van der Waals surface area contributed by atoms with E-state index in [1.807, 2.05) is 6.92 Å². The Kier molecular flexibility index (Phi) is 3.81. The molecule has 2 heteroatoms. The fourth-order valence-electron chi connectivity index (χ4n) is 7.87. The molecule has 3 fully saturated rings. The summed E-state index contributed by atoms with van der Waals surface area (Å²) in [5, 5.41) is 10.1. The number of hydrogen-bond donors (Lipinski definition) is 1. The van der Waals surface area contributed by atoms with Gasteiger partial charge >= 0.3 is 0 Å². The SMILES string of the molecule is CC(=O)[C@H]1[C@@H](C)C[C@H]2[C@@H]3CC=C4C[C@@H](O)CC[C@]4(C)[C@H]3CC[C@@]21C. The maximum atomic E-state index is 12.4. The van der Waals surface area contributed by atoms with E-state index in [0.717, 1.165) is 31.1 Å². The Balaban J connectivity index is 1.68. The summed E-state index contributed by atoms with van der Waals surface area (Å²) in [5.41, 5.74) is 2.07. The van der Waals surface area contributed by atoms with E-state index in [-0.39, 0.29) is 17.4 Å². The molecule has 134 valence electrons. The van der Waals surface area contributed by atoms with Crippen molar-refractivity contribution in [2.45, 2.75) is 78.7 Å². The lowest BCUT2D eigenvalue weighted by molar-refractivity contribution is -0.128. The summed E-state index contributed by atoms with van der Waals surface area (Å²) in [6, 6.07) is 0. The first-order chi connectivity index (χ1) is 11.3. The van der Waals surface area contributed by atoms with Gasteiger partial charge in [0.25, 0.3) is 0 Å². The standard InChI is InChI=1S/C22H34O2/c1-13-11-19-17-6-5-15-12-16(24)7-9-21(15,3)18(17)8-10-22(19,4)20(13)14(2)23/h5,13,16-20,24H,6-12H2,1-4H3/t13-,16-,17+,18-,19-,20+,21-,22-/m0/s1. The molecule has 0 saturated heterocycles. The fourth-order valence-corrected chi connectivity index (χ4v) is 7.87. The van der Waals surface area contributed by atoms with E-state index in [4.69, 9.17) is 0 Å². The van der Waals surface area contributed by atoms with E-state index in [1.54, 1.807) is 5.57 Å². The van der Waals surface area contributed by atoms with E-state index < -0.39 is 0 Å². The molecule has 8 atom stereocenters. The van der Waals surface area contributed by atoms with Gasteiger partial charge in [0.2, 0.25) is 0 Å². The van der Waals surface area contributed by atoms with Crippen molar-refractivity contribution >= 4 is 5.78 Å². The van der Waals surface area contributed by atoms with Crippen molar-refractivity contribution in [1.82, 2.24) is 0 Å².